The van der Waals surface area contributed by atoms with Gasteiger partial charge in [-0.2, -0.15) is 0 Å². The number of urea groups is 1. The van der Waals surface area contributed by atoms with Crippen LogP contribution in [0.2, 0.25) is 0 Å². The quantitative estimate of drug-likeness (QED) is 0.163. The average molecular weight is 602 g/mol. The van der Waals surface area contributed by atoms with Gasteiger partial charge < -0.3 is 36.8 Å². The molecule has 0 aliphatic heterocycles. The summed E-state index contributed by atoms with van der Waals surface area (Å²) in [5.41, 5.74) is 10.7. The minimum Gasteiger partial charge on any atom is -0.449 e. The molecule has 1 aliphatic carbocycles. The molecule has 0 fully saturated rings. The zero-order chi connectivity index (χ0) is 31.6. The molecule has 3 aromatic carbocycles. The zero-order valence-electron chi connectivity index (χ0n) is 24.8. The highest BCUT2D eigenvalue weighted by atomic mass is 16.5. The van der Waals surface area contributed by atoms with Gasteiger partial charge >= 0.3 is 12.1 Å². The van der Waals surface area contributed by atoms with Crippen LogP contribution in [0.5, 0.6) is 0 Å². The number of alkyl carbamates (subject to hydrolysis) is 1. The Bertz CT molecular complexity index is 1430. The molecule has 0 heterocycles. The number of hydrogen-bond acceptors (Lipinski definition) is 6. The first kappa shape index (κ1) is 32.0. The fourth-order valence-electron chi connectivity index (χ4n) is 5.27. The van der Waals surface area contributed by atoms with Gasteiger partial charge in [-0.1, -0.05) is 74.5 Å². The molecular formula is C33H39N5O6. The summed E-state index contributed by atoms with van der Waals surface area (Å²) in [7, 11) is 0. The number of primary amides is 1. The molecular weight excluding hydrogens is 562 g/mol. The van der Waals surface area contributed by atoms with Crippen molar-refractivity contribution in [2.75, 3.05) is 18.5 Å². The fourth-order valence-corrected chi connectivity index (χ4v) is 5.27. The van der Waals surface area contributed by atoms with Crippen molar-refractivity contribution in [1.29, 1.82) is 0 Å². The number of carbonyl (C=O) groups is 4. The second kappa shape index (κ2) is 15.0. The van der Waals surface area contributed by atoms with Gasteiger partial charge in [0.2, 0.25) is 11.8 Å². The lowest BCUT2D eigenvalue weighted by atomic mass is 9.98. The van der Waals surface area contributed by atoms with Crippen molar-refractivity contribution >= 4 is 29.6 Å². The highest BCUT2D eigenvalue weighted by Crippen LogP contribution is 2.44. The number of fused-ring (bicyclic) bond motifs is 3. The number of aliphatic hydroxyl groups excluding tert-OH is 1. The molecule has 0 unspecified atom stereocenters. The largest absolute Gasteiger partial charge is 0.449 e. The fraction of sp³-hybridized carbons (Fsp3) is 0.333. The second-order valence-electron chi connectivity index (χ2n) is 11.0. The van der Waals surface area contributed by atoms with E-state index in [0.717, 1.165) is 22.3 Å². The highest BCUT2D eigenvalue weighted by Gasteiger charge is 2.32. The highest BCUT2D eigenvalue weighted by molar-refractivity contribution is 5.98. The second-order valence-corrected chi connectivity index (χ2v) is 11.0. The Hall–Kier alpha value is -4.90. The maximum atomic E-state index is 13.4. The Morgan fingerprint density at radius 2 is 1.48 bits per heavy atom. The number of carbonyl (C=O) groups excluding carboxylic acids is 4. The van der Waals surface area contributed by atoms with Crippen LogP contribution >= 0.6 is 0 Å². The molecule has 2 atom stereocenters. The van der Waals surface area contributed by atoms with Crippen molar-refractivity contribution in [1.82, 2.24) is 16.0 Å². The van der Waals surface area contributed by atoms with Gasteiger partial charge in [0.25, 0.3) is 0 Å². The lowest BCUT2D eigenvalue weighted by Crippen LogP contribution is -2.54. The summed E-state index contributed by atoms with van der Waals surface area (Å²) >= 11 is 0. The Labute approximate surface area is 256 Å². The first-order valence-corrected chi connectivity index (χ1v) is 14.6. The summed E-state index contributed by atoms with van der Waals surface area (Å²) in [5.74, 6) is -1.47. The van der Waals surface area contributed by atoms with E-state index in [9.17, 15) is 24.3 Å². The number of amides is 5. The molecule has 0 aromatic heterocycles. The van der Waals surface area contributed by atoms with E-state index in [1.807, 2.05) is 48.5 Å². The molecule has 0 saturated carbocycles. The van der Waals surface area contributed by atoms with E-state index in [-0.39, 0.29) is 38.0 Å². The Kier molecular flexibility index (Phi) is 10.9. The van der Waals surface area contributed by atoms with E-state index in [0.29, 0.717) is 17.7 Å². The maximum absolute atomic E-state index is 13.4. The molecule has 232 valence electrons. The molecule has 1 aliphatic rings. The molecule has 7 N–H and O–H groups in total. The smallest absolute Gasteiger partial charge is 0.407 e. The van der Waals surface area contributed by atoms with Crippen LogP contribution in [0.25, 0.3) is 11.1 Å². The summed E-state index contributed by atoms with van der Waals surface area (Å²) in [5, 5.41) is 19.9. The van der Waals surface area contributed by atoms with Crippen LogP contribution in [-0.2, 0) is 20.9 Å². The van der Waals surface area contributed by atoms with E-state index in [2.05, 4.69) is 21.3 Å². The van der Waals surface area contributed by atoms with Crippen LogP contribution in [0.4, 0.5) is 15.3 Å². The van der Waals surface area contributed by atoms with Gasteiger partial charge in [-0.25, -0.2) is 9.59 Å². The molecule has 44 heavy (non-hydrogen) atoms. The molecule has 0 spiro atoms. The average Bonchev–Trinajstić information content (AvgIpc) is 3.33. The van der Waals surface area contributed by atoms with Crippen molar-refractivity contribution in [3.05, 3.63) is 89.5 Å². The number of nitrogens with two attached hydrogens (primary N) is 1. The van der Waals surface area contributed by atoms with Crippen molar-refractivity contribution in [3.63, 3.8) is 0 Å². The number of benzene rings is 3. The zero-order valence-corrected chi connectivity index (χ0v) is 24.8. The minimum atomic E-state index is -0.978. The number of hydrogen-bond donors (Lipinski definition) is 6. The maximum Gasteiger partial charge on any atom is 0.407 e. The van der Waals surface area contributed by atoms with Crippen LogP contribution < -0.4 is 27.0 Å². The standard InChI is InChI=1S/C33H39N5O6/c1-20(2)29(38-33(43)44-19-27-25-10-5-3-8-23(25)24-9-4-6-11-26(24)27)31(41)37-28(12-7-17-35-32(34)42)30(40)36-22-15-13-21(18-39)14-16-22/h3-6,8-11,13-16,20,27-29,39H,7,12,17-19H2,1-2H3,(H,36,40)(H,37,41)(H,38,43)(H3,34,35,42)/t28-,29+/m1/s1. The number of ether oxygens (including phenoxy) is 1. The topological polar surface area (TPSA) is 172 Å². The number of aliphatic hydroxyl groups is 1. The van der Waals surface area contributed by atoms with Crippen molar-refractivity contribution < 1.29 is 29.0 Å². The summed E-state index contributed by atoms with van der Waals surface area (Å²) in [6.45, 7) is 3.74. The molecule has 3 aromatic rings. The predicted octanol–water partition coefficient (Wildman–Crippen LogP) is 3.61. The summed E-state index contributed by atoms with van der Waals surface area (Å²) in [6, 6.07) is 20.0. The van der Waals surface area contributed by atoms with Crippen LogP contribution in [0, 0.1) is 5.92 Å². The van der Waals surface area contributed by atoms with E-state index < -0.39 is 36.0 Å². The van der Waals surface area contributed by atoms with Gasteiger partial charge in [-0.05, 0) is 58.7 Å². The normalized spacial score (nSPS) is 13.3. The first-order chi connectivity index (χ1) is 21.2. The first-order valence-electron chi connectivity index (χ1n) is 14.6. The third-order valence-electron chi connectivity index (χ3n) is 7.57. The van der Waals surface area contributed by atoms with Gasteiger partial charge in [0.15, 0.2) is 0 Å². The van der Waals surface area contributed by atoms with E-state index >= 15 is 0 Å². The Balaban J connectivity index is 1.40. The Morgan fingerprint density at radius 3 is 2.05 bits per heavy atom. The summed E-state index contributed by atoms with van der Waals surface area (Å²) in [6.07, 6.45) is -0.185. The van der Waals surface area contributed by atoms with Crippen LogP contribution in [-0.4, -0.2) is 54.3 Å². The molecule has 0 bridgehead atoms. The number of nitrogens with one attached hydrogen (secondary N) is 4. The predicted molar refractivity (Wildman–Crippen MR) is 167 cm³/mol. The summed E-state index contributed by atoms with van der Waals surface area (Å²) < 4.78 is 5.64. The number of rotatable bonds is 13. The third-order valence-corrected chi connectivity index (χ3v) is 7.57. The van der Waals surface area contributed by atoms with E-state index in [1.54, 1.807) is 38.1 Å². The molecule has 0 radical (unpaired) electrons. The van der Waals surface area contributed by atoms with Gasteiger partial charge in [0.1, 0.15) is 18.7 Å². The minimum absolute atomic E-state index is 0.0965. The van der Waals surface area contributed by atoms with Gasteiger partial charge in [0, 0.05) is 18.2 Å². The van der Waals surface area contributed by atoms with Crippen molar-refractivity contribution in [2.45, 2.75) is 51.3 Å². The molecule has 5 amide bonds. The number of anilines is 1. The van der Waals surface area contributed by atoms with Crippen molar-refractivity contribution in [2.24, 2.45) is 11.7 Å². The Morgan fingerprint density at radius 1 is 0.864 bits per heavy atom. The van der Waals surface area contributed by atoms with Crippen LogP contribution in [0.1, 0.15) is 49.3 Å². The lowest BCUT2D eigenvalue weighted by molar-refractivity contribution is -0.128. The van der Waals surface area contributed by atoms with E-state index in [1.165, 1.54) is 0 Å². The molecule has 0 saturated heterocycles. The van der Waals surface area contributed by atoms with Gasteiger partial charge in [-0.15, -0.1) is 0 Å². The lowest BCUT2D eigenvalue weighted by Gasteiger charge is -2.25. The van der Waals surface area contributed by atoms with Crippen LogP contribution in [0.15, 0.2) is 72.8 Å². The third kappa shape index (κ3) is 8.13. The van der Waals surface area contributed by atoms with Crippen LogP contribution in [0.3, 0.4) is 0 Å². The molecule has 11 heteroatoms. The monoisotopic (exact) mass is 601 g/mol. The van der Waals surface area contributed by atoms with Crippen molar-refractivity contribution in [3.8, 4) is 11.1 Å². The van der Waals surface area contributed by atoms with E-state index in [4.69, 9.17) is 10.5 Å². The SMILES string of the molecule is CC(C)[C@H](NC(=O)OCC1c2ccccc2-c2ccccc21)C(=O)N[C@H](CCCNC(N)=O)C(=O)Nc1ccc(CO)cc1. The summed E-state index contributed by atoms with van der Waals surface area (Å²) in [4.78, 5) is 50.7. The van der Waals surface area contributed by atoms with Gasteiger partial charge in [0.05, 0.1) is 6.61 Å². The van der Waals surface area contributed by atoms with Gasteiger partial charge in [-0.3, -0.25) is 9.59 Å². The molecule has 4 rings (SSSR count). The molecule has 11 nitrogen and oxygen atoms in total.